The fraction of sp³-hybridized carbons (Fsp3) is 0.188. The summed E-state index contributed by atoms with van der Waals surface area (Å²) in [4.78, 5) is 11.6. The minimum Gasteiger partial charge on any atom is -0.377 e. The number of benzene rings is 1. The van der Waals surface area contributed by atoms with Crippen molar-refractivity contribution in [2.45, 2.75) is 6.04 Å². The third-order valence-electron chi connectivity index (χ3n) is 3.99. The molecule has 8 nitrogen and oxygen atoms in total. The summed E-state index contributed by atoms with van der Waals surface area (Å²) in [6.45, 7) is 1.20. The SMILES string of the molecule is N=C(c1ccnc2nc(NC3COC3)[nH]c12)N(O)c1ccc(F)c(Cl)c1. The van der Waals surface area contributed by atoms with Gasteiger partial charge in [0.2, 0.25) is 5.95 Å². The molecule has 3 heterocycles. The highest BCUT2D eigenvalue weighted by molar-refractivity contribution is 6.31. The first-order valence-corrected chi connectivity index (χ1v) is 8.12. The van der Waals surface area contributed by atoms with Crippen LogP contribution >= 0.6 is 11.6 Å². The first-order chi connectivity index (χ1) is 12.5. The number of fused-ring (bicyclic) bond motifs is 1. The van der Waals surface area contributed by atoms with E-state index in [2.05, 4.69) is 20.3 Å². The van der Waals surface area contributed by atoms with Gasteiger partial charge < -0.3 is 15.0 Å². The number of aromatic nitrogens is 3. The van der Waals surface area contributed by atoms with Crippen molar-refractivity contribution < 1.29 is 14.3 Å². The lowest BCUT2D eigenvalue weighted by atomic mass is 10.2. The number of hydroxylamine groups is 1. The number of aromatic amines is 1. The van der Waals surface area contributed by atoms with E-state index in [1.54, 1.807) is 6.07 Å². The Kier molecular flexibility index (Phi) is 4.19. The van der Waals surface area contributed by atoms with Crippen molar-refractivity contribution in [3.8, 4) is 0 Å². The lowest BCUT2D eigenvalue weighted by Crippen LogP contribution is -2.40. The molecular formula is C16H14ClFN6O2. The van der Waals surface area contributed by atoms with Crippen LogP contribution < -0.4 is 10.4 Å². The van der Waals surface area contributed by atoms with Crippen LogP contribution in [0.2, 0.25) is 5.02 Å². The molecule has 0 unspecified atom stereocenters. The lowest BCUT2D eigenvalue weighted by molar-refractivity contribution is 0.0208. The minimum absolute atomic E-state index is 0.148. The number of hydrogen-bond donors (Lipinski definition) is 4. The molecule has 1 saturated heterocycles. The number of pyridine rings is 1. The maximum absolute atomic E-state index is 13.3. The summed E-state index contributed by atoms with van der Waals surface area (Å²) in [5.41, 5.74) is 1.44. The smallest absolute Gasteiger partial charge is 0.203 e. The molecule has 1 aromatic carbocycles. The lowest BCUT2D eigenvalue weighted by Gasteiger charge is -2.26. The number of H-pyrrole nitrogens is 1. The Morgan fingerprint density at radius 2 is 2.23 bits per heavy atom. The summed E-state index contributed by atoms with van der Waals surface area (Å²) in [5, 5.41) is 22.3. The van der Waals surface area contributed by atoms with Crippen molar-refractivity contribution >= 4 is 40.2 Å². The van der Waals surface area contributed by atoms with Crippen LogP contribution in [0, 0.1) is 11.2 Å². The number of amidine groups is 1. The zero-order chi connectivity index (χ0) is 18.3. The molecule has 0 atom stereocenters. The summed E-state index contributed by atoms with van der Waals surface area (Å²) >= 11 is 5.75. The van der Waals surface area contributed by atoms with E-state index in [0.29, 0.717) is 41.0 Å². The van der Waals surface area contributed by atoms with E-state index in [9.17, 15) is 9.60 Å². The van der Waals surface area contributed by atoms with Crippen LogP contribution in [-0.4, -0.2) is 45.3 Å². The summed E-state index contributed by atoms with van der Waals surface area (Å²) in [7, 11) is 0. The molecule has 0 saturated carbocycles. The summed E-state index contributed by atoms with van der Waals surface area (Å²) in [5.74, 6) is -0.330. The molecule has 0 amide bonds. The van der Waals surface area contributed by atoms with Crippen LogP contribution in [0.1, 0.15) is 5.56 Å². The zero-order valence-corrected chi connectivity index (χ0v) is 14.1. The normalized spacial score (nSPS) is 14.3. The highest BCUT2D eigenvalue weighted by atomic mass is 35.5. The van der Waals surface area contributed by atoms with Gasteiger partial charge in [-0.1, -0.05) is 11.6 Å². The molecular weight excluding hydrogens is 363 g/mol. The van der Waals surface area contributed by atoms with Gasteiger partial charge in [-0.2, -0.15) is 4.98 Å². The monoisotopic (exact) mass is 376 g/mol. The zero-order valence-electron chi connectivity index (χ0n) is 13.3. The average Bonchev–Trinajstić information content (AvgIpc) is 3.02. The number of halogens is 2. The second-order valence-corrected chi connectivity index (χ2v) is 6.19. The number of rotatable bonds is 4. The van der Waals surface area contributed by atoms with Crippen molar-refractivity contribution in [2.75, 3.05) is 23.6 Å². The van der Waals surface area contributed by atoms with Gasteiger partial charge in [0.1, 0.15) is 5.82 Å². The maximum Gasteiger partial charge on any atom is 0.203 e. The summed E-state index contributed by atoms with van der Waals surface area (Å²) in [6, 6.07) is 5.43. The van der Waals surface area contributed by atoms with Crippen molar-refractivity contribution in [3.05, 3.63) is 46.9 Å². The second kappa shape index (κ2) is 6.52. The molecule has 4 N–H and O–H groups in total. The fourth-order valence-electron chi connectivity index (χ4n) is 2.55. The fourth-order valence-corrected chi connectivity index (χ4v) is 2.72. The largest absolute Gasteiger partial charge is 0.377 e. The molecule has 0 radical (unpaired) electrons. The number of ether oxygens (including phenoxy) is 1. The predicted molar refractivity (Wildman–Crippen MR) is 94.6 cm³/mol. The molecule has 26 heavy (non-hydrogen) atoms. The molecule has 1 aliphatic heterocycles. The number of nitrogens with one attached hydrogen (secondary N) is 3. The molecule has 0 bridgehead atoms. The Bertz CT molecular complexity index is 990. The highest BCUT2D eigenvalue weighted by Gasteiger charge is 2.21. The molecule has 2 aromatic heterocycles. The maximum atomic E-state index is 13.3. The average molecular weight is 377 g/mol. The van der Waals surface area contributed by atoms with Gasteiger partial charge in [-0.3, -0.25) is 10.6 Å². The molecule has 0 spiro atoms. The molecule has 3 aromatic rings. The van der Waals surface area contributed by atoms with E-state index >= 15 is 0 Å². The van der Waals surface area contributed by atoms with Crippen LogP contribution in [-0.2, 0) is 4.74 Å². The van der Waals surface area contributed by atoms with Gasteiger partial charge in [0.05, 0.1) is 35.5 Å². The van der Waals surface area contributed by atoms with E-state index in [1.807, 2.05) is 0 Å². The number of anilines is 2. The highest BCUT2D eigenvalue weighted by Crippen LogP contribution is 2.25. The van der Waals surface area contributed by atoms with Crippen molar-refractivity contribution in [2.24, 2.45) is 0 Å². The minimum atomic E-state index is -0.606. The van der Waals surface area contributed by atoms with Crippen molar-refractivity contribution in [3.63, 3.8) is 0 Å². The Balaban J connectivity index is 1.65. The molecule has 1 aliphatic rings. The van der Waals surface area contributed by atoms with Gasteiger partial charge in [0.25, 0.3) is 0 Å². The van der Waals surface area contributed by atoms with Gasteiger partial charge in [0.15, 0.2) is 11.5 Å². The van der Waals surface area contributed by atoms with Gasteiger partial charge in [-0.15, -0.1) is 0 Å². The summed E-state index contributed by atoms with van der Waals surface area (Å²) < 4.78 is 18.4. The first-order valence-electron chi connectivity index (χ1n) is 7.75. The standard InChI is InChI=1S/C16H14ClFN6O2/c17-11-5-9(1-2-12(11)18)24(25)14(19)10-3-4-20-15-13(10)22-16(23-15)21-8-6-26-7-8/h1-5,8,19,25H,6-7H2,(H2,20,21,22,23). The molecule has 1 fully saturated rings. The van der Waals surface area contributed by atoms with Gasteiger partial charge in [-0.25, -0.2) is 14.4 Å². The van der Waals surface area contributed by atoms with Crippen LogP contribution in [0.5, 0.6) is 0 Å². The van der Waals surface area contributed by atoms with Crippen LogP contribution in [0.25, 0.3) is 11.2 Å². The predicted octanol–water partition coefficient (Wildman–Crippen LogP) is 2.78. The van der Waals surface area contributed by atoms with Crippen LogP contribution in [0.3, 0.4) is 0 Å². The van der Waals surface area contributed by atoms with Gasteiger partial charge in [0, 0.05) is 11.8 Å². The summed E-state index contributed by atoms with van der Waals surface area (Å²) in [6.07, 6.45) is 1.49. The first kappa shape index (κ1) is 16.7. The van der Waals surface area contributed by atoms with Gasteiger partial charge in [-0.05, 0) is 24.3 Å². The molecule has 0 aliphatic carbocycles. The number of imidazole rings is 1. The quantitative estimate of drug-likeness (QED) is 0.316. The Morgan fingerprint density at radius 3 is 2.92 bits per heavy atom. The van der Waals surface area contributed by atoms with Crippen molar-refractivity contribution in [1.29, 1.82) is 5.41 Å². The third kappa shape index (κ3) is 2.96. The van der Waals surface area contributed by atoms with Crippen LogP contribution in [0.15, 0.2) is 30.5 Å². The van der Waals surface area contributed by atoms with E-state index in [0.717, 1.165) is 6.07 Å². The Morgan fingerprint density at radius 1 is 1.42 bits per heavy atom. The third-order valence-corrected chi connectivity index (χ3v) is 4.28. The van der Waals surface area contributed by atoms with Crippen molar-refractivity contribution in [1.82, 2.24) is 15.0 Å². The molecule has 4 rings (SSSR count). The van der Waals surface area contributed by atoms with E-state index in [1.165, 1.54) is 18.3 Å². The number of nitrogens with zero attached hydrogens (tertiary/aromatic N) is 3. The van der Waals surface area contributed by atoms with E-state index in [-0.39, 0.29) is 22.6 Å². The number of hydrogen-bond acceptors (Lipinski definition) is 6. The topological polar surface area (TPSA) is 110 Å². The molecule has 134 valence electrons. The van der Waals surface area contributed by atoms with Gasteiger partial charge >= 0.3 is 0 Å². The van der Waals surface area contributed by atoms with Crippen LogP contribution in [0.4, 0.5) is 16.0 Å². The Hall–Kier alpha value is -2.75. The Labute approximate surface area is 152 Å². The second-order valence-electron chi connectivity index (χ2n) is 5.78. The molecule has 10 heteroatoms. The van der Waals surface area contributed by atoms with E-state index in [4.69, 9.17) is 21.7 Å². The van der Waals surface area contributed by atoms with E-state index < -0.39 is 5.82 Å².